The molecule has 15 heavy (non-hydrogen) atoms. The molecule has 6 heteroatoms. The van der Waals surface area contributed by atoms with Crippen LogP contribution >= 0.6 is 0 Å². The minimum atomic E-state index is -1.11. The summed E-state index contributed by atoms with van der Waals surface area (Å²) in [5, 5.41) is 20.1. The van der Waals surface area contributed by atoms with E-state index in [1.165, 1.54) is 0 Å². The van der Waals surface area contributed by atoms with Crippen LogP contribution in [0.1, 0.15) is 18.1 Å². The summed E-state index contributed by atoms with van der Waals surface area (Å²) in [4.78, 5) is 9.92. The predicted octanol–water partition coefficient (Wildman–Crippen LogP) is 1.12. The Morgan fingerprint density at radius 2 is 2.27 bits per heavy atom. The van der Waals surface area contributed by atoms with Gasteiger partial charge in [-0.25, -0.2) is 4.39 Å². The van der Waals surface area contributed by atoms with Gasteiger partial charge < -0.3 is 10.8 Å². The van der Waals surface area contributed by atoms with E-state index >= 15 is 0 Å². The number of benzene rings is 1. The van der Waals surface area contributed by atoms with E-state index in [4.69, 9.17) is 5.73 Å². The lowest BCUT2D eigenvalue weighted by Crippen LogP contribution is -2.09. The fourth-order valence-electron chi connectivity index (χ4n) is 1.27. The number of aliphatic hydroxyl groups is 1. The number of hydrogen-bond donors (Lipinski definition) is 2. The fraction of sp³-hybridized carbons (Fsp3) is 0.333. The maximum Gasteiger partial charge on any atom is 0.275 e. The zero-order chi connectivity index (χ0) is 11.4. The van der Waals surface area contributed by atoms with Crippen LogP contribution < -0.4 is 5.73 Å². The third kappa shape index (κ3) is 2.71. The van der Waals surface area contributed by atoms with Gasteiger partial charge in [-0.15, -0.1) is 0 Å². The quantitative estimate of drug-likeness (QED) is 0.580. The molecule has 1 aromatic carbocycles. The SMILES string of the molecule is NCC[C@@H](O)c1cc(F)ccc1[N+](=O)[O-]. The Labute approximate surface area is 85.5 Å². The van der Waals surface area contributed by atoms with Crippen molar-refractivity contribution in [2.45, 2.75) is 12.5 Å². The largest absolute Gasteiger partial charge is 0.388 e. The number of rotatable bonds is 4. The Bertz CT molecular complexity index is 370. The van der Waals surface area contributed by atoms with Crippen molar-refractivity contribution in [3.8, 4) is 0 Å². The van der Waals surface area contributed by atoms with Crippen LogP contribution in [0.5, 0.6) is 0 Å². The van der Waals surface area contributed by atoms with Crippen molar-refractivity contribution < 1.29 is 14.4 Å². The molecule has 82 valence electrons. The molecule has 0 aliphatic heterocycles. The van der Waals surface area contributed by atoms with Gasteiger partial charge in [0.25, 0.3) is 5.69 Å². The Morgan fingerprint density at radius 1 is 1.60 bits per heavy atom. The third-order valence-electron chi connectivity index (χ3n) is 1.99. The van der Waals surface area contributed by atoms with E-state index in [9.17, 15) is 19.6 Å². The normalized spacial score (nSPS) is 12.5. The predicted molar refractivity (Wildman–Crippen MR) is 51.7 cm³/mol. The van der Waals surface area contributed by atoms with Crippen LogP contribution in [0.4, 0.5) is 10.1 Å². The summed E-state index contributed by atoms with van der Waals surface area (Å²) in [5.74, 6) is -0.619. The topological polar surface area (TPSA) is 89.4 Å². The van der Waals surface area contributed by atoms with E-state index in [-0.39, 0.29) is 24.2 Å². The van der Waals surface area contributed by atoms with Gasteiger partial charge in [0, 0.05) is 6.07 Å². The monoisotopic (exact) mass is 214 g/mol. The van der Waals surface area contributed by atoms with Crippen molar-refractivity contribution in [2.24, 2.45) is 5.73 Å². The zero-order valence-electron chi connectivity index (χ0n) is 7.89. The first-order chi connectivity index (χ1) is 7.06. The number of aliphatic hydroxyl groups excluding tert-OH is 1. The van der Waals surface area contributed by atoms with Crippen LogP contribution in [0, 0.1) is 15.9 Å². The van der Waals surface area contributed by atoms with Crippen molar-refractivity contribution >= 4 is 5.69 Å². The molecule has 0 unspecified atom stereocenters. The molecule has 1 aromatic rings. The highest BCUT2D eigenvalue weighted by Gasteiger charge is 2.20. The van der Waals surface area contributed by atoms with E-state index in [1.807, 2.05) is 0 Å². The molecule has 3 N–H and O–H groups in total. The van der Waals surface area contributed by atoms with E-state index < -0.39 is 16.8 Å². The second kappa shape index (κ2) is 4.81. The number of nitrogens with zero attached hydrogens (tertiary/aromatic N) is 1. The Hall–Kier alpha value is -1.53. The maximum atomic E-state index is 12.8. The summed E-state index contributed by atoms with van der Waals surface area (Å²) < 4.78 is 12.8. The molecule has 0 aliphatic carbocycles. The average molecular weight is 214 g/mol. The van der Waals surface area contributed by atoms with E-state index in [1.54, 1.807) is 0 Å². The molecule has 0 saturated carbocycles. The van der Waals surface area contributed by atoms with Crippen molar-refractivity contribution in [2.75, 3.05) is 6.54 Å². The Balaban J connectivity index is 3.12. The Morgan fingerprint density at radius 3 is 2.80 bits per heavy atom. The summed E-state index contributed by atoms with van der Waals surface area (Å²) in [6.07, 6.45) is -0.948. The number of nitro benzene ring substituents is 1. The van der Waals surface area contributed by atoms with Crippen LogP contribution in [0.25, 0.3) is 0 Å². The van der Waals surface area contributed by atoms with Gasteiger partial charge >= 0.3 is 0 Å². The first-order valence-electron chi connectivity index (χ1n) is 4.38. The van der Waals surface area contributed by atoms with Gasteiger partial charge in [-0.05, 0) is 25.1 Å². The van der Waals surface area contributed by atoms with Crippen LogP contribution in [-0.2, 0) is 0 Å². The second-order valence-corrected chi connectivity index (χ2v) is 3.05. The zero-order valence-corrected chi connectivity index (χ0v) is 7.89. The molecule has 0 heterocycles. The molecule has 0 fully saturated rings. The van der Waals surface area contributed by atoms with Crippen molar-refractivity contribution in [1.29, 1.82) is 0 Å². The summed E-state index contributed by atoms with van der Waals surface area (Å²) >= 11 is 0. The van der Waals surface area contributed by atoms with Gasteiger partial charge in [-0.2, -0.15) is 0 Å². The highest BCUT2D eigenvalue weighted by Crippen LogP contribution is 2.27. The average Bonchev–Trinajstić information content (AvgIpc) is 2.17. The van der Waals surface area contributed by atoms with Gasteiger partial charge in [-0.1, -0.05) is 0 Å². The molecular formula is C9H11FN2O3. The molecule has 0 spiro atoms. The minimum absolute atomic E-state index is 0.0366. The first kappa shape index (κ1) is 11.5. The van der Waals surface area contributed by atoms with Gasteiger partial charge in [0.05, 0.1) is 16.6 Å². The van der Waals surface area contributed by atoms with E-state index in [0.29, 0.717) is 0 Å². The van der Waals surface area contributed by atoms with Crippen LogP contribution in [0.15, 0.2) is 18.2 Å². The standard InChI is InChI=1S/C9H11FN2O3/c10-6-1-2-8(12(14)15)7(5-6)9(13)3-4-11/h1-2,5,9,13H,3-4,11H2/t9-/m1/s1. The number of nitro groups is 1. The summed E-state index contributed by atoms with van der Waals surface area (Å²) in [6, 6.07) is 2.97. The molecule has 0 aromatic heterocycles. The Kier molecular flexibility index (Phi) is 3.70. The van der Waals surface area contributed by atoms with Crippen LogP contribution in [0.2, 0.25) is 0 Å². The fourth-order valence-corrected chi connectivity index (χ4v) is 1.27. The smallest absolute Gasteiger partial charge is 0.275 e. The maximum absolute atomic E-state index is 12.8. The number of hydrogen-bond acceptors (Lipinski definition) is 4. The lowest BCUT2D eigenvalue weighted by atomic mass is 10.0. The van der Waals surface area contributed by atoms with Gasteiger partial charge in [0.2, 0.25) is 0 Å². The molecule has 0 amide bonds. The third-order valence-corrected chi connectivity index (χ3v) is 1.99. The van der Waals surface area contributed by atoms with Gasteiger partial charge in [0.15, 0.2) is 0 Å². The molecule has 0 bridgehead atoms. The highest BCUT2D eigenvalue weighted by molar-refractivity contribution is 5.41. The summed E-state index contributed by atoms with van der Waals surface area (Å²) in [5.41, 5.74) is 4.88. The summed E-state index contributed by atoms with van der Waals surface area (Å²) in [7, 11) is 0. The van der Waals surface area contributed by atoms with Crippen molar-refractivity contribution in [3.05, 3.63) is 39.7 Å². The molecule has 0 saturated heterocycles. The van der Waals surface area contributed by atoms with Crippen LogP contribution in [-0.4, -0.2) is 16.6 Å². The molecule has 1 atom stereocenters. The molecule has 0 radical (unpaired) electrons. The number of nitrogens with two attached hydrogens (primary N) is 1. The van der Waals surface area contributed by atoms with E-state index in [2.05, 4.69) is 0 Å². The second-order valence-electron chi connectivity index (χ2n) is 3.05. The lowest BCUT2D eigenvalue weighted by Gasteiger charge is -2.09. The molecular weight excluding hydrogens is 203 g/mol. The lowest BCUT2D eigenvalue weighted by molar-refractivity contribution is -0.386. The molecule has 0 aliphatic rings. The summed E-state index contributed by atoms with van der Waals surface area (Å²) in [6.45, 7) is 0.175. The molecule has 5 nitrogen and oxygen atoms in total. The molecule has 1 rings (SSSR count). The van der Waals surface area contributed by atoms with Crippen molar-refractivity contribution in [1.82, 2.24) is 0 Å². The number of halogens is 1. The first-order valence-corrected chi connectivity index (χ1v) is 4.38. The highest BCUT2D eigenvalue weighted by atomic mass is 19.1. The van der Waals surface area contributed by atoms with Crippen molar-refractivity contribution in [3.63, 3.8) is 0 Å². The van der Waals surface area contributed by atoms with Gasteiger partial charge in [0.1, 0.15) is 5.82 Å². The van der Waals surface area contributed by atoms with Gasteiger partial charge in [-0.3, -0.25) is 10.1 Å². The van der Waals surface area contributed by atoms with Crippen LogP contribution in [0.3, 0.4) is 0 Å². The van der Waals surface area contributed by atoms with E-state index in [0.717, 1.165) is 18.2 Å². The minimum Gasteiger partial charge on any atom is -0.388 e.